The summed E-state index contributed by atoms with van der Waals surface area (Å²) < 4.78 is 26.0. The predicted octanol–water partition coefficient (Wildman–Crippen LogP) is 0.391. The predicted molar refractivity (Wildman–Crippen MR) is 95.0 cm³/mol. The Morgan fingerprint density at radius 3 is 2.62 bits per heavy atom. The molecule has 1 aromatic rings. The second kappa shape index (κ2) is 7.80. The third kappa shape index (κ3) is 4.81. The van der Waals surface area contributed by atoms with E-state index in [4.69, 9.17) is 0 Å². The molecule has 9 heteroatoms. The number of carbonyl (C=O) groups excluding carboxylic acids is 1. The van der Waals surface area contributed by atoms with E-state index in [1.165, 1.54) is 6.20 Å². The van der Waals surface area contributed by atoms with E-state index in [-0.39, 0.29) is 17.7 Å². The average Bonchev–Trinajstić information content (AvgIpc) is 2.54. The van der Waals surface area contributed by atoms with Crippen LogP contribution in [0.1, 0.15) is 31.1 Å². The molecule has 1 fully saturated rings. The summed E-state index contributed by atoms with van der Waals surface area (Å²) in [4.78, 5) is 18.9. The van der Waals surface area contributed by atoms with E-state index in [0.29, 0.717) is 17.1 Å². The molecule has 3 N–H and O–H groups in total. The molecule has 0 bridgehead atoms. The van der Waals surface area contributed by atoms with Crippen molar-refractivity contribution in [1.82, 2.24) is 15.6 Å². The number of piperazine rings is 1. The first kappa shape index (κ1) is 18.5. The maximum atomic E-state index is 12.5. The largest absolute Gasteiger partial charge is 0.353 e. The maximum absolute atomic E-state index is 12.5. The molecule has 0 atom stereocenters. The quantitative estimate of drug-likeness (QED) is 0.682. The molecule has 2 heterocycles. The lowest BCUT2D eigenvalue weighted by atomic mass is 10.2. The normalized spacial score (nSPS) is 15.4. The summed E-state index contributed by atoms with van der Waals surface area (Å²) in [5.41, 5.74) is 0.673. The molecule has 1 saturated heterocycles. The number of hydrogen-bond acceptors (Lipinski definition) is 6. The van der Waals surface area contributed by atoms with E-state index in [9.17, 15) is 13.2 Å². The van der Waals surface area contributed by atoms with Gasteiger partial charge in [-0.3, -0.25) is 9.52 Å². The van der Waals surface area contributed by atoms with Gasteiger partial charge in [-0.25, -0.2) is 13.4 Å². The van der Waals surface area contributed by atoms with Gasteiger partial charge in [0.05, 0.1) is 23.2 Å². The van der Waals surface area contributed by atoms with Gasteiger partial charge in [0.2, 0.25) is 10.0 Å². The van der Waals surface area contributed by atoms with Gasteiger partial charge in [-0.15, -0.1) is 0 Å². The Bertz CT molecular complexity index is 684. The number of sulfonamides is 1. The Labute approximate surface area is 143 Å². The van der Waals surface area contributed by atoms with Gasteiger partial charge in [0, 0.05) is 32.2 Å². The second-order valence-electron chi connectivity index (χ2n) is 5.97. The van der Waals surface area contributed by atoms with Crippen LogP contribution in [-0.4, -0.2) is 57.3 Å². The Morgan fingerprint density at radius 2 is 2.04 bits per heavy atom. The number of nitrogens with zero attached hydrogens (tertiary/aromatic N) is 2. The summed E-state index contributed by atoms with van der Waals surface area (Å²) >= 11 is 0. The number of anilines is 2. The van der Waals surface area contributed by atoms with Crippen molar-refractivity contribution in [1.29, 1.82) is 0 Å². The first-order valence-corrected chi connectivity index (χ1v) is 9.74. The lowest BCUT2D eigenvalue weighted by Crippen LogP contribution is -2.45. The highest BCUT2D eigenvalue weighted by molar-refractivity contribution is 7.92. The van der Waals surface area contributed by atoms with Gasteiger partial charge in [-0.2, -0.15) is 0 Å². The molecule has 0 saturated carbocycles. The smallest absolute Gasteiger partial charge is 0.255 e. The van der Waals surface area contributed by atoms with E-state index in [2.05, 4.69) is 20.3 Å². The van der Waals surface area contributed by atoms with Crippen LogP contribution in [0.15, 0.2) is 12.3 Å². The first-order chi connectivity index (χ1) is 11.3. The van der Waals surface area contributed by atoms with Gasteiger partial charge >= 0.3 is 0 Å². The molecule has 1 aromatic heterocycles. The molecule has 0 spiro atoms. The van der Waals surface area contributed by atoms with Crippen molar-refractivity contribution in [2.45, 2.75) is 26.8 Å². The SMILES string of the molecule is CCS(=O)(=O)Nc1cnc(N2CCNCC2)c(C(=O)NC(C)C)c1. The molecule has 0 unspecified atom stereocenters. The fraction of sp³-hybridized carbons (Fsp3) is 0.600. The van der Waals surface area contributed by atoms with Crippen LogP contribution in [0.3, 0.4) is 0 Å². The average molecular weight is 355 g/mol. The minimum atomic E-state index is -3.42. The highest BCUT2D eigenvalue weighted by atomic mass is 32.2. The van der Waals surface area contributed by atoms with Crippen molar-refractivity contribution in [2.75, 3.05) is 41.6 Å². The van der Waals surface area contributed by atoms with Gasteiger partial charge in [0.25, 0.3) is 5.91 Å². The van der Waals surface area contributed by atoms with Gasteiger partial charge in [0.1, 0.15) is 5.82 Å². The van der Waals surface area contributed by atoms with E-state index < -0.39 is 10.0 Å². The fourth-order valence-electron chi connectivity index (χ4n) is 2.40. The number of carbonyl (C=O) groups is 1. The van der Waals surface area contributed by atoms with Gasteiger partial charge in [-0.1, -0.05) is 0 Å². The summed E-state index contributed by atoms with van der Waals surface area (Å²) in [5, 5.41) is 6.10. The molecular formula is C15H25N5O3S. The highest BCUT2D eigenvalue weighted by Crippen LogP contribution is 2.22. The van der Waals surface area contributed by atoms with Crippen LogP contribution in [0, 0.1) is 0 Å². The number of hydrogen-bond donors (Lipinski definition) is 3. The van der Waals surface area contributed by atoms with Crippen LogP contribution in [0.25, 0.3) is 0 Å². The van der Waals surface area contributed by atoms with Crippen molar-refractivity contribution in [3.05, 3.63) is 17.8 Å². The Balaban J connectivity index is 2.37. The van der Waals surface area contributed by atoms with Crippen molar-refractivity contribution >= 4 is 27.4 Å². The molecule has 2 rings (SSSR count). The second-order valence-corrected chi connectivity index (χ2v) is 7.98. The molecule has 134 valence electrons. The van der Waals surface area contributed by atoms with Crippen LogP contribution in [0.5, 0.6) is 0 Å². The fourth-order valence-corrected chi connectivity index (χ4v) is 3.02. The first-order valence-electron chi connectivity index (χ1n) is 8.09. The third-order valence-corrected chi connectivity index (χ3v) is 4.91. The molecular weight excluding hydrogens is 330 g/mol. The van der Waals surface area contributed by atoms with Crippen LogP contribution in [-0.2, 0) is 10.0 Å². The van der Waals surface area contributed by atoms with Crippen LogP contribution in [0.4, 0.5) is 11.5 Å². The summed E-state index contributed by atoms with van der Waals surface area (Å²) in [6.07, 6.45) is 1.46. The number of pyridine rings is 1. The van der Waals surface area contributed by atoms with Crippen molar-refractivity contribution < 1.29 is 13.2 Å². The maximum Gasteiger partial charge on any atom is 0.255 e. The molecule has 1 amide bonds. The highest BCUT2D eigenvalue weighted by Gasteiger charge is 2.21. The van der Waals surface area contributed by atoms with E-state index >= 15 is 0 Å². The number of amides is 1. The minimum absolute atomic E-state index is 0.0237. The molecule has 0 radical (unpaired) electrons. The molecule has 1 aliphatic heterocycles. The molecule has 0 aliphatic carbocycles. The molecule has 1 aliphatic rings. The van der Waals surface area contributed by atoms with Crippen LogP contribution in [0.2, 0.25) is 0 Å². The van der Waals surface area contributed by atoms with Gasteiger partial charge in [0.15, 0.2) is 0 Å². The lowest BCUT2D eigenvalue weighted by Gasteiger charge is -2.30. The van der Waals surface area contributed by atoms with E-state index in [1.807, 2.05) is 18.7 Å². The Hall–Kier alpha value is -1.87. The summed E-state index contributed by atoms with van der Waals surface area (Å²) in [7, 11) is -3.42. The summed E-state index contributed by atoms with van der Waals surface area (Å²) in [6, 6.07) is 1.53. The number of rotatable bonds is 6. The van der Waals surface area contributed by atoms with Crippen LogP contribution >= 0.6 is 0 Å². The Morgan fingerprint density at radius 1 is 1.38 bits per heavy atom. The summed E-state index contributed by atoms with van der Waals surface area (Å²) in [6.45, 7) is 8.43. The molecule has 8 nitrogen and oxygen atoms in total. The van der Waals surface area contributed by atoms with E-state index in [1.54, 1.807) is 13.0 Å². The van der Waals surface area contributed by atoms with E-state index in [0.717, 1.165) is 26.2 Å². The Kier molecular flexibility index (Phi) is 6.00. The van der Waals surface area contributed by atoms with Crippen molar-refractivity contribution in [3.8, 4) is 0 Å². The lowest BCUT2D eigenvalue weighted by molar-refractivity contribution is 0.0943. The minimum Gasteiger partial charge on any atom is -0.353 e. The molecule has 0 aromatic carbocycles. The molecule has 24 heavy (non-hydrogen) atoms. The van der Waals surface area contributed by atoms with Crippen molar-refractivity contribution in [3.63, 3.8) is 0 Å². The zero-order chi connectivity index (χ0) is 17.7. The zero-order valence-electron chi connectivity index (χ0n) is 14.3. The van der Waals surface area contributed by atoms with Crippen molar-refractivity contribution in [2.24, 2.45) is 0 Å². The topological polar surface area (TPSA) is 103 Å². The van der Waals surface area contributed by atoms with Gasteiger partial charge in [-0.05, 0) is 26.8 Å². The third-order valence-electron chi connectivity index (χ3n) is 3.60. The monoisotopic (exact) mass is 355 g/mol. The summed E-state index contributed by atoms with van der Waals surface area (Å²) in [5.74, 6) is 0.276. The van der Waals surface area contributed by atoms with Crippen LogP contribution < -0.4 is 20.3 Å². The zero-order valence-corrected chi connectivity index (χ0v) is 15.1. The number of nitrogens with one attached hydrogen (secondary N) is 3. The van der Waals surface area contributed by atoms with Gasteiger partial charge < -0.3 is 15.5 Å². The number of aromatic nitrogens is 1. The standard InChI is InChI=1S/C15H25N5O3S/c1-4-24(22,23)19-12-9-13(15(21)18-11(2)3)14(17-10-12)20-7-5-16-6-8-20/h9-11,16,19H,4-8H2,1-3H3,(H,18,21).